The molecule has 0 aliphatic carbocycles. The minimum absolute atomic E-state index is 0.454. The van der Waals surface area contributed by atoms with Crippen molar-refractivity contribution in [2.75, 3.05) is 0 Å². The van der Waals surface area contributed by atoms with Crippen LogP contribution in [0.25, 0.3) is 0 Å². The maximum Gasteiger partial charge on any atom is 0.554 e. The molecular weight excluding hydrogens is 224 g/mol. The van der Waals surface area contributed by atoms with Crippen LogP contribution in [0, 0.1) is 19.8 Å². The van der Waals surface area contributed by atoms with Crippen molar-refractivity contribution in [1.29, 1.82) is 0 Å². The van der Waals surface area contributed by atoms with Crippen molar-refractivity contribution in [3.05, 3.63) is 76.7 Å². The molecule has 0 aromatic heterocycles. The number of hydrogen-bond acceptors (Lipinski definition) is 0. The van der Waals surface area contributed by atoms with E-state index in [4.69, 9.17) is 0 Å². The summed E-state index contributed by atoms with van der Waals surface area (Å²) in [5, 5.41) is 9.49. The Balaban J connectivity index is 2.43. The Hall–Kier alpha value is -2.22. The van der Waals surface area contributed by atoms with Gasteiger partial charge in [-0.25, -0.2) is 0 Å². The minimum atomic E-state index is -0.650. The number of benzene rings is 2. The Morgan fingerprint density at radius 2 is 1.17 bits per heavy atom. The number of aliphatic carboxylic acids is 1. The number of aryl methyl sites for hydroxylation is 2. The molecule has 2 rings (SSSR count). The quantitative estimate of drug-likeness (QED) is 0.649. The molecule has 2 aromatic rings. The highest BCUT2D eigenvalue weighted by atomic mass is 16.4. The molecule has 0 spiro atoms. The number of carboxylic acids is 1. The van der Waals surface area contributed by atoms with E-state index in [9.17, 15) is 9.90 Å². The average molecular weight is 240 g/mol. The largest absolute Gasteiger partial charge is 0.554 e. The summed E-state index contributed by atoms with van der Waals surface area (Å²) < 4.78 is 0. The summed E-state index contributed by atoms with van der Waals surface area (Å²) in [5.41, 5.74) is 3.87. The molecule has 0 radical (unpaired) electrons. The van der Waals surface area contributed by atoms with Gasteiger partial charge in [0.05, 0.1) is 11.1 Å². The van der Waals surface area contributed by atoms with Crippen molar-refractivity contribution in [2.24, 2.45) is 0 Å². The molecule has 0 fully saturated rings. The molecule has 0 aliphatic heterocycles. The first kappa shape index (κ1) is 12.2. The summed E-state index contributed by atoms with van der Waals surface area (Å²) in [6.07, 6.45) is 0. The van der Waals surface area contributed by atoms with Gasteiger partial charge in [-0.1, -0.05) is 0 Å². The fraction of sp³-hybridized carbons (Fsp3) is 0.125. The van der Waals surface area contributed by atoms with Gasteiger partial charge >= 0.3 is 5.97 Å². The SMILES string of the molecule is Cc1ccc([C+](C(O)=[OH+])c2ccc(C)cc2)cc1. The van der Waals surface area contributed by atoms with E-state index < -0.39 is 5.97 Å². The van der Waals surface area contributed by atoms with Crippen LogP contribution >= 0.6 is 0 Å². The van der Waals surface area contributed by atoms with Gasteiger partial charge in [-0.2, -0.15) is 0 Å². The third-order valence-corrected chi connectivity index (χ3v) is 2.90. The van der Waals surface area contributed by atoms with E-state index in [0.29, 0.717) is 5.92 Å². The van der Waals surface area contributed by atoms with Gasteiger partial charge in [-0.3, -0.25) is 0 Å². The van der Waals surface area contributed by atoms with Crippen molar-refractivity contribution in [1.82, 2.24) is 0 Å². The second-order valence-electron chi connectivity index (χ2n) is 4.43. The number of aliphatic hydroxyl groups excluding tert-OH is 1. The van der Waals surface area contributed by atoms with E-state index in [1.54, 1.807) is 0 Å². The maximum atomic E-state index is 9.49. The standard InChI is InChI=1S/C16H14O2/c1-11-3-7-13(8-4-11)15(16(17)18)14-9-5-12(2)6-10-14/h3-10H,1-2H3/p+2. The summed E-state index contributed by atoms with van der Waals surface area (Å²) in [5.74, 6) is -0.197. The highest BCUT2D eigenvalue weighted by Gasteiger charge is 2.34. The second-order valence-corrected chi connectivity index (χ2v) is 4.43. The molecule has 0 saturated carbocycles. The molecular formula is C16H16O2+2. The third kappa shape index (κ3) is 2.54. The monoisotopic (exact) mass is 240 g/mol. The van der Waals surface area contributed by atoms with Crippen molar-refractivity contribution in [3.63, 3.8) is 0 Å². The zero-order valence-electron chi connectivity index (χ0n) is 10.5. The zero-order valence-corrected chi connectivity index (χ0v) is 10.5. The molecule has 90 valence electrons. The van der Waals surface area contributed by atoms with Crippen LogP contribution in [0.4, 0.5) is 0 Å². The molecule has 0 saturated heterocycles. The number of hydrogen-bond donors (Lipinski definition) is 1. The van der Waals surface area contributed by atoms with Gasteiger partial charge in [-0.15, -0.1) is 0 Å². The van der Waals surface area contributed by atoms with E-state index in [1.165, 1.54) is 0 Å². The first-order valence-corrected chi connectivity index (χ1v) is 5.84. The molecule has 0 heterocycles. The van der Waals surface area contributed by atoms with Gasteiger partial charge in [0.25, 0.3) is 0 Å². The van der Waals surface area contributed by atoms with Crippen LogP contribution in [0.5, 0.6) is 0 Å². The molecule has 2 heteroatoms. The molecule has 0 amide bonds. The van der Waals surface area contributed by atoms with Crippen LogP contribution in [0.3, 0.4) is 0 Å². The van der Waals surface area contributed by atoms with Gasteiger partial charge < -0.3 is 9.90 Å². The van der Waals surface area contributed by atoms with Gasteiger partial charge in [0.15, 0.2) is 0 Å². The minimum Gasteiger partial charge on any atom is -0.328 e. The lowest BCUT2D eigenvalue weighted by Crippen LogP contribution is -2.14. The third-order valence-electron chi connectivity index (χ3n) is 2.90. The molecule has 2 N–H and O–H groups in total. The summed E-state index contributed by atoms with van der Waals surface area (Å²) in [6, 6.07) is 15.3. The molecule has 2 aromatic carbocycles. The molecule has 18 heavy (non-hydrogen) atoms. The van der Waals surface area contributed by atoms with E-state index in [0.717, 1.165) is 22.3 Å². The van der Waals surface area contributed by atoms with Crippen molar-refractivity contribution < 1.29 is 9.90 Å². The predicted molar refractivity (Wildman–Crippen MR) is 73.4 cm³/mol. The molecule has 2 nitrogen and oxygen atoms in total. The fourth-order valence-electron chi connectivity index (χ4n) is 1.87. The fourth-order valence-corrected chi connectivity index (χ4v) is 1.87. The highest BCUT2D eigenvalue weighted by molar-refractivity contribution is 5.93. The van der Waals surface area contributed by atoms with Crippen molar-refractivity contribution in [3.8, 4) is 0 Å². The van der Waals surface area contributed by atoms with Crippen LogP contribution in [-0.4, -0.2) is 15.9 Å². The number of carboxylic acid groups (broad SMARTS) is 1. The van der Waals surface area contributed by atoms with Gasteiger partial charge in [0, 0.05) is 24.3 Å². The summed E-state index contributed by atoms with van der Waals surface area (Å²) >= 11 is 0. The predicted octanol–water partition coefficient (Wildman–Crippen LogP) is 3.33. The number of rotatable bonds is 3. The first-order chi connectivity index (χ1) is 8.58. The van der Waals surface area contributed by atoms with Crippen molar-refractivity contribution in [2.45, 2.75) is 13.8 Å². The average Bonchev–Trinajstić information content (AvgIpc) is 2.34. The molecule has 0 unspecified atom stereocenters. The highest BCUT2D eigenvalue weighted by Crippen LogP contribution is 2.24. The Morgan fingerprint density at radius 1 is 0.833 bits per heavy atom. The Labute approximate surface area is 107 Å². The first-order valence-electron chi connectivity index (χ1n) is 5.84. The Morgan fingerprint density at radius 3 is 1.44 bits per heavy atom. The van der Waals surface area contributed by atoms with Crippen molar-refractivity contribution >= 4 is 5.97 Å². The van der Waals surface area contributed by atoms with Crippen LogP contribution in [0.1, 0.15) is 22.3 Å². The van der Waals surface area contributed by atoms with Gasteiger partial charge in [0.1, 0.15) is 0 Å². The molecule has 0 atom stereocenters. The normalized spacial score (nSPS) is 10.1. The van der Waals surface area contributed by atoms with E-state index >= 15 is 0 Å². The van der Waals surface area contributed by atoms with Crippen LogP contribution in [0.15, 0.2) is 48.5 Å². The summed E-state index contributed by atoms with van der Waals surface area (Å²) in [7, 11) is 0. The van der Waals surface area contributed by atoms with E-state index in [2.05, 4.69) is 0 Å². The topological polar surface area (TPSA) is 41.6 Å². The Bertz CT molecular complexity index is 493. The smallest absolute Gasteiger partial charge is 0.328 e. The van der Waals surface area contributed by atoms with E-state index in [1.807, 2.05) is 62.4 Å². The lowest BCUT2D eigenvalue weighted by molar-refractivity contribution is 0.455. The Kier molecular flexibility index (Phi) is 3.38. The summed E-state index contributed by atoms with van der Waals surface area (Å²) in [6.45, 7) is 4.00. The van der Waals surface area contributed by atoms with Crippen LogP contribution < -0.4 is 0 Å². The maximum absolute atomic E-state index is 9.49. The van der Waals surface area contributed by atoms with Gasteiger partial charge in [-0.05, 0) is 49.2 Å². The lowest BCUT2D eigenvalue weighted by atomic mass is 9.90. The van der Waals surface area contributed by atoms with Crippen LogP contribution in [0.2, 0.25) is 0 Å². The van der Waals surface area contributed by atoms with E-state index in [-0.39, 0.29) is 0 Å². The molecule has 0 aliphatic rings. The van der Waals surface area contributed by atoms with Crippen LogP contribution in [-0.2, 0) is 0 Å². The summed E-state index contributed by atoms with van der Waals surface area (Å²) in [4.78, 5) is 9.49. The second kappa shape index (κ2) is 4.96. The molecule has 0 bridgehead atoms. The lowest BCUT2D eigenvalue weighted by Gasteiger charge is -2.03. The van der Waals surface area contributed by atoms with Gasteiger partial charge in [0.2, 0.25) is 5.92 Å². The zero-order chi connectivity index (χ0) is 13.1.